The molecule has 0 unspecified atom stereocenters. The highest BCUT2D eigenvalue weighted by molar-refractivity contribution is 7.91. The predicted octanol–water partition coefficient (Wildman–Crippen LogP) is 4.36. The summed E-state index contributed by atoms with van der Waals surface area (Å²) in [4.78, 5) is 9.07. The van der Waals surface area contributed by atoms with E-state index < -0.39 is 9.84 Å². The van der Waals surface area contributed by atoms with Crippen molar-refractivity contribution in [3.8, 4) is 0 Å². The van der Waals surface area contributed by atoms with Crippen molar-refractivity contribution >= 4 is 49.9 Å². The summed E-state index contributed by atoms with van der Waals surface area (Å²) in [6.45, 7) is 6.40. The van der Waals surface area contributed by atoms with Crippen molar-refractivity contribution in [2.45, 2.75) is 45.1 Å². The maximum absolute atomic E-state index is 12.7. The van der Waals surface area contributed by atoms with Crippen LogP contribution in [0, 0.1) is 13.8 Å². The Morgan fingerprint density at radius 3 is 2.54 bits per heavy atom. The lowest BCUT2D eigenvalue weighted by atomic mass is 10.2. The first kappa shape index (κ1) is 20.9. The van der Waals surface area contributed by atoms with Crippen molar-refractivity contribution < 1.29 is 8.42 Å². The number of hydrogen-bond acceptors (Lipinski definition) is 5. The summed E-state index contributed by atoms with van der Waals surface area (Å²) in [6, 6.07) is 4.42. The fourth-order valence-electron chi connectivity index (χ4n) is 3.31. The summed E-state index contributed by atoms with van der Waals surface area (Å²) in [6.07, 6.45) is 1.13. The average molecular weight is 441 g/mol. The SMILES string of the molecule is CCc1nc2c(N)nc(C)c(C)c2n1CCCS(=O)(=O)c1ccc(Cl)cc1Cl. The number of nitrogens with two attached hydrogens (primary N) is 1. The molecule has 0 radical (unpaired) electrons. The van der Waals surface area contributed by atoms with Gasteiger partial charge in [0.2, 0.25) is 0 Å². The van der Waals surface area contributed by atoms with Gasteiger partial charge in [-0.3, -0.25) is 0 Å². The number of halogens is 2. The molecule has 0 aliphatic carbocycles. The van der Waals surface area contributed by atoms with Crippen LogP contribution in [0.1, 0.15) is 30.4 Å². The summed E-state index contributed by atoms with van der Waals surface area (Å²) >= 11 is 11.9. The Morgan fingerprint density at radius 1 is 1.18 bits per heavy atom. The van der Waals surface area contributed by atoms with E-state index in [-0.39, 0.29) is 15.7 Å². The Labute approximate surface area is 174 Å². The molecule has 2 heterocycles. The summed E-state index contributed by atoms with van der Waals surface area (Å²) < 4.78 is 27.5. The van der Waals surface area contributed by atoms with Gasteiger partial charge in [-0.25, -0.2) is 18.4 Å². The van der Waals surface area contributed by atoms with Gasteiger partial charge < -0.3 is 10.3 Å². The van der Waals surface area contributed by atoms with Crippen LogP contribution in [0.5, 0.6) is 0 Å². The number of fused-ring (bicyclic) bond motifs is 1. The summed E-state index contributed by atoms with van der Waals surface area (Å²) in [5.41, 5.74) is 9.49. The second-order valence-electron chi connectivity index (χ2n) is 6.69. The van der Waals surface area contributed by atoms with E-state index in [4.69, 9.17) is 28.9 Å². The molecule has 0 aliphatic heterocycles. The van der Waals surface area contributed by atoms with Crippen LogP contribution in [0.25, 0.3) is 11.0 Å². The molecule has 2 N–H and O–H groups in total. The van der Waals surface area contributed by atoms with Gasteiger partial charge in [0.1, 0.15) is 11.3 Å². The van der Waals surface area contributed by atoms with Gasteiger partial charge in [0.15, 0.2) is 15.7 Å². The number of pyridine rings is 1. The molecule has 2 aromatic heterocycles. The number of sulfone groups is 1. The van der Waals surface area contributed by atoms with Gasteiger partial charge in [-0.2, -0.15) is 0 Å². The number of nitrogen functional groups attached to an aromatic ring is 1. The lowest BCUT2D eigenvalue weighted by Crippen LogP contribution is -2.12. The smallest absolute Gasteiger partial charge is 0.179 e. The molecule has 3 aromatic rings. The van der Waals surface area contributed by atoms with E-state index in [0.717, 1.165) is 22.6 Å². The summed E-state index contributed by atoms with van der Waals surface area (Å²) in [5, 5.41) is 0.540. The molecule has 0 amide bonds. The molecule has 150 valence electrons. The van der Waals surface area contributed by atoms with Crippen LogP contribution >= 0.6 is 23.2 Å². The average Bonchev–Trinajstić information content (AvgIpc) is 2.98. The number of hydrogen-bond donors (Lipinski definition) is 1. The molecular weight excluding hydrogens is 419 g/mol. The molecule has 0 saturated heterocycles. The van der Waals surface area contributed by atoms with Crippen LogP contribution in [-0.4, -0.2) is 28.7 Å². The number of aromatic nitrogens is 3. The minimum Gasteiger partial charge on any atom is -0.382 e. The molecule has 1 aromatic carbocycles. The maximum Gasteiger partial charge on any atom is 0.179 e. The van der Waals surface area contributed by atoms with Crippen LogP contribution < -0.4 is 5.73 Å². The van der Waals surface area contributed by atoms with Crippen molar-refractivity contribution in [1.29, 1.82) is 0 Å². The second-order valence-corrected chi connectivity index (χ2v) is 9.61. The number of nitrogens with zero attached hydrogens (tertiary/aromatic N) is 3. The monoisotopic (exact) mass is 440 g/mol. The van der Waals surface area contributed by atoms with E-state index in [0.29, 0.717) is 35.7 Å². The maximum atomic E-state index is 12.7. The van der Waals surface area contributed by atoms with Crippen LogP contribution in [0.15, 0.2) is 23.1 Å². The van der Waals surface area contributed by atoms with Crippen LogP contribution in [0.3, 0.4) is 0 Å². The van der Waals surface area contributed by atoms with Gasteiger partial charge in [-0.05, 0) is 44.0 Å². The first-order chi connectivity index (χ1) is 13.2. The molecule has 9 heteroatoms. The fourth-order valence-corrected chi connectivity index (χ4v) is 5.43. The number of aryl methyl sites for hydroxylation is 4. The third kappa shape index (κ3) is 3.83. The summed E-state index contributed by atoms with van der Waals surface area (Å²) in [5.74, 6) is 1.22. The van der Waals surface area contributed by atoms with E-state index in [1.807, 2.05) is 20.8 Å². The van der Waals surface area contributed by atoms with Gasteiger partial charge in [0.25, 0.3) is 0 Å². The second kappa shape index (κ2) is 7.89. The molecule has 0 spiro atoms. The molecule has 0 bridgehead atoms. The number of rotatable bonds is 6. The zero-order valence-electron chi connectivity index (χ0n) is 16.0. The molecule has 0 fully saturated rings. The van der Waals surface area contributed by atoms with Crippen LogP contribution in [0.4, 0.5) is 5.82 Å². The molecule has 0 atom stereocenters. The van der Waals surface area contributed by atoms with Crippen molar-refractivity contribution in [3.05, 3.63) is 45.3 Å². The van der Waals surface area contributed by atoms with E-state index in [9.17, 15) is 8.42 Å². The van der Waals surface area contributed by atoms with E-state index in [2.05, 4.69) is 14.5 Å². The van der Waals surface area contributed by atoms with Crippen molar-refractivity contribution in [2.75, 3.05) is 11.5 Å². The molecule has 28 heavy (non-hydrogen) atoms. The minimum absolute atomic E-state index is 0.0320. The van der Waals surface area contributed by atoms with Gasteiger partial charge in [-0.15, -0.1) is 0 Å². The first-order valence-electron chi connectivity index (χ1n) is 8.95. The predicted molar refractivity (Wildman–Crippen MR) is 114 cm³/mol. The van der Waals surface area contributed by atoms with Crippen LogP contribution in [0.2, 0.25) is 10.0 Å². The minimum atomic E-state index is -3.52. The first-order valence-corrected chi connectivity index (χ1v) is 11.4. The van der Waals surface area contributed by atoms with Gasteiger partial charge >= 0.3 is 0 Å². The quantitative estimate of drug-likeness (QED) is 0.614. The Morgan fingerprint density at radius 2 is 1.89 bits per heavy atom. The molecule has 6 nitrogen and oxygen atoms in total. The summed E-state index contributed by atoms with van der Waals surface area (Å²) in [7, 11) is -3.52. The highest BCUT2D eigenvalue weighted by Crippen LogP contribution is 2.28. The Hall–Kier alpha value is -1.83. The Kier molecular flexibility index (Phi) is 5.89. The van der Waals surface area contributed by atoms with Gasteiger partial charge in [0.05, 0.1) is 21.2 Å². The Balaban J connectivity index is 1.90. The lowest BCUT2D eigenvalue weighted by Gasteiger charge is -2.12. The molecule has 3 rings (SSSR count). The highest BCUT2D eigenvalue weighted by atomic mass is 35.5. The van der Waals surface area contributed by atoms with Gasteiger partial charge in [0, 0.05) is 23.7 Å². The largest absolute Gasteiger partial charge is 0.382 e. The van der Waals surface area contributed by atoms with Crippen molar-refractivity contribution in [1.82, 2.24) is 14.5 Å². The highest BCUT2D eigenvalue weighted by Gasteiger charge is 2.20. The van der Waals surface area contributed by atoms with Crippen LogP contribution in [-0.2, 0) is 22.8 Å². The molecule has 0 saturated carbocycles. The third-order valence-corrected chi connectivity index (χ3v) is 7.33. The molecule has 0 aliphatic rings. The number of benzene rings is 1. The van der Waals surface area contributed by atoms with E-state index >= 15 is 0 Å². The number of imidazole rings is 1. The van der Waals surface area contributed by atoms with Gasteiger partial charge in [-0.1, -0.05) is 30.1 Å². The Bertz CT molecular complexity index is 1160. The normalized spacial score (nSPS) is 12.0. The zero-order chi connectivity index (χ0) is 20.6. The van der Waals surface area contributed by atoms with E-state index in [1.165, 1.54) is 18.2 Å². The topological polar surface area (TPSA) is 90.9 Å². The van der Waals surface area contributed by atoms with Crippen molar-refractivity contribution in [2.24, 2.45) is 0 Å². The third-order valence-electron chi connectivity index (χ3n) is 4.82. The molecular formula is C19H22Cl2N4O2S. The van der Waals surface area contributed by atoms with Crippen molar-refractivity contribution in [3.63, 3.8) is 0 Å². The standard InChI is InChI=1S/C19H22Cl2N4O2S/c1-4-16-24-17-18(11(2)12(3)23-19(17)22)25(16)8-5-9-28(26,27)15-7-6-13(20)10-14(15)21/h6-7,10H,4-5,8-9H2,1-3H3,(H2,22,23). The van der Waals surface area contributed by atoms with E-state index in [1.54, 1.807) is 0 Å². The lowest BCUT2D eigenvalue weighted by molar-refractivity contribution is 0.585. The number of anilines is 1. The zero-order valence-corrected chi connectivity index (χ0v) is 18.3. The fraction of sp³-hybridized carbons (Fsp3) is 0.368.